The van der Waals surface area contributed by atoms with Crippen LogP contribution in [0.15, 0.2) is 29.1 Å². The number of aliphatic hydroxyl groups is 1. The van der Waals surface area contributed by atoms with Crippen LogP contribution in [0, 0.1) is 5.92 Å². The van der Waals surface area contributed by atoms with Crippen LogP contribution in [-0.2, 0) is 13.6 Å². The smallest absolute Gasteiger partial charge is 0.262 e. The summed E-state index contributed by atoms with van der Waals surface area (Å²) in [4.78, 5) is 12.5. The molecule has 3 aromatic rings. The second kappa shape index (κ2) is 6.57. The Labute approximate surface area is 146 Å². The van der Waals surface area contributed by atoms with Crippen LogP contribution < -0.4 is 10.9 Å². The number of aromatic nitrogens is 4. The Morgan fingerprint density at radius 1 is 1.28 bits per heavy atom. The largest absolute Gasteiger partial charge is 0.396 e. The molecule has 7 heteroatoms. The summed E-state index contributed by atoms with van der Waals surface area (Å²) in [6.45, 7) is 6.94. The lowest BCUT2D eigenvalue weighted by molar-refractivity contribution is 0.195. The topological polar surface area (TPSA) is 84.4 Å². The van der Waals surface area contributed by atoms with E-state index in [9.17, 15) is 9.90 Å². The SMILES string of the molecule is CC(CO)CC(C)(C)NCc1nnc2n(C)c(=O)c3ccccc3n12. The molecule has 0 saturated carbocycles. The molecule has 2 aromatic heterocycles. The van der Waals surface area contributed by atoms with E-state index in [4.69, 9.17) is 0 Å². The van der Waals surface area contributed by atoms with E-state index in [1.807, 2.05) is 35.6 Å². The third-order valence-electron chi connectivity index (χ3n) is 4.59. The second-order valence-electron chi connectivity index (χ2n) is 7.36. The van der Waals surface area contributed by atoms with Crippen LogP contribution >= 0.6 is 0 Å². The molecule has 2 heterocycles. The van der Waals surface area contributed by atoms with Crippen LogP contribution in [0.3, 0.4) is 0 Å². The van der Waals surface area contributed by atoms with Crippen molar-refractivity contribution in [2.75, 3.05) is 6.61 Å². The molecule has 3 rings (SSSR count). The van der Waals surface area contributed by atoms with E-state index in [1.165, 1.54) is 4.57 Å². The predicted octanol–water partition coefficient (Wildman–Crippen LogP) is 1.47. The molecule has 1 atom stereocenters. The number of nitrogens with one attached hydrogen (secondary N) is 1. The molecule has 134 valence electrons. The lowest BCUT2D eigenvalue weighted by Gasteiger charge is -2.28. The quantitative estimate of drug-likeness (QED) is 0.708. The van der Waals surface area contributed by atoms with E-state index in [2.05, 4.69) is 29.4 Å². The minimum absolute atomic E-state index is 0.0768. The maximum absolute atomic E-state index is 12.5. The summed E-state index contributed by atoms with van der Waals surface area (Å²) >= 11 is 0. The minimum atomic E-state index is -0.148. The summed E-state index contributed by atoms with van der Waals surface area (Å²) in [5.74, 6) is 1.51. The van der Waals surface area contributed by atoms with Gasteiger partial charge >= 0.3 is 0 Å². The standard InChI is InChI=1S/C18H25N5O2/c1-12(11-24)9-18(2,3)19-10-15-20-21-17-22(4)16(25)13-7-5-6-8-14(13)23(15)17/h5-8,12,19,24H,9-11H2,1-4H3. The Morgan fingerprint density at radius 2 is 2.00 bits per heavy atom. The molecule has 25 heavy (non-hydrogen) atoms. The first-order valence-electron chi connectivity index (χ1n) is 8.51. The van der Waals surface area contributed by atoms with E-state index in [0.717, 1.165) is 17.8 Å². The maximum atomic E-state index is 12.5. The molecular formula is C18H25N5O2. The summed E-state index contributed by atoms with van der Waals surface area (Å²) in [5, 5.41) is 21.9. The van der Waals surface area contributed by atoms with Crippen molar-refractivity contribution in [3.05, 3.63) is 40.4 Å². The summed E-state index contributed by atoms with van der Waals surface area (Å²) < 4.78 is 3.45. The van der Waals surface area contributed by atoms with E-state index in [-0.39, 0.29) is 23.6 Å². The molecule has 0 amide bonds. The lowest BCUT2D eigenvalue weighted by Crippen LogP contribution is -2.41. The first-order chi connectivity index (χ1) is 11.8. The number of aryl methyl sites for hydroxylation is 1. The molecule has 7 nitrogen and oxygen atoms in total. The van der Waals surface area contributed by atoms with Crippen LogP contribution in [0.25, 0.3) is 16.7 Å². The van der Waals surface area contributed by atoms with E-state index < -0.39 is 0 Å². The van der Waals surface area contributed by atoms with Crippen molar-refractivity contribution >= 4 is 16.7 Å². The Hall–Kier alpha value is -2.25. The van der Waals surface area contributed by atoms with E-state index in [1.54, 1.807) is 7.05 Å². The molecule has 0 saturated heterocycles. The lowest BCUT2D eigenvalue weighted by atomic mass is 9.92. The van der Waals surface area contributed by atoms with Gasteiger partial charge in [0, 0.05) is 19.2 Å². The number of hydrogen-bond donors (Lipinski definition) is 2. The molecule has 2 N–H and O–H groups in total. The van der Waals surface area contributed by atoms with Gasteiger partial charge in [0.25, 0.3) is 5.56 Å². The molecule has 1 aromatic carbocycles. The molecule has 0 bridgehead atoms. The van der Waals surface area contributed by atoms with Gasteiger partial charge in [0.2, 0.25) is 5.78 Å². The first-order valence-corrected chi connectivity index (χ1v) is 8.51. The molecule has 1 unspecified atom stereocenters. The van der Waals surface area contributed by atoms with Gasteiger partial charge in [-0.15, -0.1) is 10.2 Å². The molecule has 0 radical (unpaired) electrons. The van der Waals surface area contributed by atoms with Crippen molar-refractivity contribution in [2.45, 2.75) is 39.3 Å². The molecule has 0 fully saturated rings. The zero-order valence-corrected chi connectivity index (χ0v) is 15.2. The second-order valence-corrected chi connectivity index (χ2v) is 7.36. The normalized spacial score (nSPS) is 13.6. The van der Waals surface area contributed by atoms with Crippen molar-refractivity contribution in [3.8, 4) is 0 Å². The summed E-state index contributed by atoms with van der Waals surface area (Å²) in [6.07, 6.45) is 0.847. The number of hydrogen-bond acceptors (Lipinski definition) is 5. The van der Waals surface area contributed by atoms with Gasteiger partial charge in [0.05, 0.1) is 17.4 Å². The molecular weight excluding hydrogens is 318 g/mol. The summed E-state index contributed by atoms with van der Waals surface area (Å²) in [5.41, 5.74) is 0.584. The van der Waals surface area contributed by atoms with Crippen molar-refractivity contribution in [3.63, 3.8) is 0 Å². The monoisotopic (exact) mass is 343 g/mol. The molecule has 0 spiro atoms. The number of aliphatic hydroxyl groups excluding tert-OH is 1. The van der Waals surface area contributed by atoms with Gasteiger partial charge in [-0.3, -0.25) is 13.8 Å². The van der Waals surface area contributed by atoms with Gasteiger partial charge in [-0.25, -0.2) is 0 Å². The van der Waals surface area contributed by atoms with Crippen LogP contribution in [0.4, 0.5) is 0 Å². The zero-order valence-electron chi connectivity index (χ0n) is 15.2. The third-order valence-corrected chi connectivity index (χ3v) is 4.59. The maximum Gasteiger partial charge on any atom is 0.262 e. The zero-order chi connectivity index (χ0) is 18.2. The van der Waals surface area contributed by atoms with E-state index in [0.29, 0.717) is 17.7 Å². The Kier molecular flexibility index (Phi) is 4.62. The van der Waals surface area contributed by atoms with Gasteiger partial charge < -0.3 is 10.4 Å². The Morgan fingerprint density at radius 3 is 2.72 bits per heavy atom. The highest BCUT2D eigenvalue weighted by molar-refractivity contribution is 5.80. The predicted molar refractivity (Wildman–Crippen MR) is 97.5 cm³/mol. The average molecular weight is 343 g/mol. The van der Waals surface area contributed by atoms with E-state index >= 15 is 0 Å². The van der Waals surface area contributed by atoms with Gasteiger partial charge in [-0.2, -0.15) is 0 Å². The van der Waals surface area contributed by atoms with Crippen molar-refractivity contribution < 1.29 is 5.11 Å². The summed E-state index contributed by atoms with van der Waals surface area (Å²) in [6, 6.07) is 7.50. The first kappa shape index (κ1) is 17.6. The highest BCUT2D eigenvalue weighted by Gasteiger charge is 2.22. The fourth-order valence-corrected chi connectivity index (χ4v) is 3.33. The van der Waals surface area contributed by atoms with Crippen molar-refractivity contribution in [1.82, 2.24) is 24.5 Å². The van der Waals surface area contributed by atoms with Gasteiger partial charge in [-0.1, -0.05) is 19.1 Å². The van der Waals surface area contributed by atoms with Crippen molar-refractivity contribution in [1.29, 1.82) is 0 Å². The minimum Gasteiger partial charge on any atom is -0.396 e. The fourth-order valence-electron chi connectivity index (χ4n) is 3.33. The fraction of sp³-hybridized carbons (Fsp3) is 0.500. The number of rotatable bonds is 6. The number of nitrogens with zero attached hydrogens (tertiary/aromatic N) is 4. The highest BCUT2D eigenvalue weighted by atomic mass is 16.3. The Bertz CT molecular complexity index is 957. The number of fused-ring (bicyclic) bond motifs is 3. The Balaban J connectivity index is 2.00. The molecule has 0 aliphatic rings. The molecule has 0 aliphatic heterocycles. The number of benzene rings is 1. The highest BCUT2D eigenvalue weighted by Crippen LogP contribution is 2.18. The van der Waals surface area contributed by atoms with Crippen LogP contribution in [-0.4, -0.2) is 36.4 Å². The van der Waals surface area contributed by atoms with Gasteiger partial charge in [0.15, 0.2) is 5.82 Å². The van der Waals surface area contributed by atoms with Crippen molar-refractivity contribution in [2.24, 2.45) is 13.0 Å². The average Bonchev–Trinajstić information content (AvgIpc) is 3.02. The van der Waals surface area contributed by atoms with Gasteiger partial charge in [0.1, 0.15) is 0 Å². The van der Waals surface area contributed by atoms with Gasteiger partial charge in [-0.05, 0) is 38.3 Å². The summed E-state index contributed by atoms with van der Waals surface area (Å²) in [7, 11) is 1.71. The number of para-hydroxylation sites is 1. The van der Waals surface area contributed by atoms with Crippen LogP contribution in [0.2, 0.25) is 0 Å². The van der Waals surface area contributed by atoms with Crippen LogP contribution in [0.1, 0.15) is 33.0 Å². The van der Waals surface area contributed by atoms with Crippen LogP contribution in [0.5, 0.6) is 0 Å². The third kappa shape index (κ3) is 3.29. The molecule has 0 aliphatic carbocycles.